The van der Waals surface area contributed by atoms with Crippen molar-refractivity contribution in [3.05, 3.63) is 24.3 Å². The van der Waals surface area contributed by atoms with Gasteiger partial charge in [-0.3, -0.25) is 4.79 Å². The number of rotatable bonds is 15. The van der Waals surface area contributed by atoms with E-state index in [2.05, 4.69) is 31.2 Å². The molecule has 0 aromatic rings. The standard InChI is InChI=1S/C24H42O4/c1-5-6-7-8-9-10-11-12-13-14-15-16-17-18-19-24(4,22(25)26)21-20-27-23(2,3)28-21/h9-10,12-13,21H,5-8,11,14-20H2,1-4H3,(H,25,26)/b10-9+,13-12+. The van der Waals surface area contributed by atoms with Gasteiger partial charge in [-0.15, -0.1) is 0 Å². The second kappa shape index (κ2) is 13.2. The Morgan fingerprint density at radius 1 is 1.04 bits per heavy atom. The smallest absolute Gasteiger partial charge is 0.312 e. The quantitative estimate of drug-likeness (QED) is 0.249. The summed E-state index contributed by atoms with van der Waals surface area (Å²) < 4.78 is 11.4. The first-order valence-electron chi connectivity index (χ1n) is 11.2. The Kier molecular flexibility index (Phi) is 11.7. The fourth-order valence-electron chi connectivity index (χ4n) is 3.53. The minimum absolute atomic E-state index is 0.355. The third-order valence-electron chi connectivity index (χ3n) is 5.60. The largest absolute Gasteiger partial charge is 0.481 e. The maximum Gasteiger partial charge on any atom is 0.312 e. The van der Waals surface area contributed by atoms with Crippen LogP contribution < -0.4 is 0 Å². The second-order valence-electron chi connectivity index (χ2n) is 8.67. The number of aliphatic carboxylic acids is 1. The third kappa shape index (κ3) is 9.38. The number of carboxylic acids is 1. The van der Waals surface area contributed by atoms with E-state index in [1.807, 2.05) is 13.8 Å². The van der Waals surface area contributed by atoms with Crippen LogP contribution in [0.2, 0.25) is 0 Å². The summed E-state index contributed by atoms with van der Waals surface area (Å²) in [6, 6.07) is 0. The molecule has 4 heteroatoms. The number of carboxylic acid groups (broad SMARTS) is 1. The van der Waals surface area contributed by atoms with Gasteiger partial charge in [0.2, 0.25) is 0 Å². The van der Waals surface area contributed by atoms with Gasteiger partial charge in [0.25, 0.3) is 0 Å². The minimum atomic E-state index is -0.878. The molecule has 0 spiro atoms. The highest BCUT2D eigenvalue weighted by Crippen LogP contribution is 2.38. The number of allylic oxidation sites excluding steroid dienone is 4. The molecule has 28 heavy (non-hydrogen) atoms. The van der Waals surface area contributed by atoms with E-state index in [-0.39, 0.29) is 6.10 Å². The molecule has 0 bridgehead atoms. The molecule has 1 saturated heterocycles. The molecule has 0 aromatic heterocycles. The van der Waals surface area contributed by atoms with Crippen LogP contribution in [0.5, 0.6) is 0 Å². The summed E-state index contributed by atoms with van der Waals surface area (Å²) in [6.45, 7) is 8.06. The first-order valence-corrected chi connectivity index (χ1v) is 11.2. The predicted octanol–water partition coefficient (Wildman–Crippen LogP) is 6.65. The molecular weight excluding hydrogens is 352 g/mol. The van der Waals surface area contributed by atoms with Crippen molar-refractivity contribution in [2.75, 3.05) is 6.61 Å². The normalized spacial score (nSPS) is 21.5. The highest BCUT2D eigenvalue weighted by Gasteiger charge is 2.48. The van der Waals surface area contributed by atoms with Crippen molar-refractivity contribution in [3.8, 4) is 0 Å². The van der Waals surface area contributed by atoms with Gasteiger partial charge in [-0.25, -0.2) is 0 Å². The van der Waals surface area contributed by atoms with Gasteiger partial charge in [0.05, 0.1) is 12.0 Å². The van der Waals surface area contributed by atoms with Crippen molar-refractivity contribution in [3.63, 3.8) is 0 Å². The lowest BCUT2D eigenvalue weighted by Gasteiger charge is -2.31. The van der Waals surface area contributed by atoms with Crippen LogP contribution in [0, 0.1) is 5.41 Å². The Morgan fingerprint density at radius 2 is 1.64 bits per heavy atom. The lowest BCUT2D eigenvalue weighted by atomic mass is 9.79. The van der Waals surface area contributed by atoms with Gasteiger partial charge < -0.3 is 14.6 Å². The van der Waals surface area contributed by atoms with Crippen LogP contribution >= 0.6 is 0 Å². The molecule has 0 radical (unpaired) electrons. The van der Waals surface area contributed by atoms with Crippen molar-refractivity contribution in [1.82, 2.24) is 0 Å². The van der Waals surface area contributed by atoms with Crippen molar-refractivity contribution in [2.45, 2.75) is 110 Å². The molecule has 2 unspecified atom stereocenters. The average molecular weight is 395 g/mol. The summed E-state index contributed by atoms with van der Waals surface area (Å²) in [5.74, 6) is -1.47. The average Bonchev–Trinajstić information content (AvgIpc) is 3.02. The van der Waals surface area contributed by atoms with E-state index in [0.29, 0.717) is 13.0 Å². The van der Waals surface area contributed by atoms with Gasteiger partial charge in [-0.05, 0) is 59.3 Å². The summed E-state index contributed by atoms with van der Waals surface area (Å²) in [6.07, 6.45) is 20.8. The number of hydrogen-bond donors (Lipinski definition) is 1. The lowest BCUT2D eigenvalue weighted by molar-refractivity contribution is -0.172. The zero-order valence-electron chi connectivity index (χ0n) is 18.5. The zero-order valence-corrected chi connectivity index (χ0v) is 18.5. The van der Waals surface area contributed by atoms with Gasteiger partial charge in [-0.2, -0.15) is 0 Å². The molecule has 2 atom stereocenters. The number of ether oxygens (including phenoxy) is 2. The maximum absolute atomic E-state index is 11.8. The van der Waals surface area contributed by atoms with Gasteiger partial charge in [-0.1, -0.05) is 63.3 Å². The second-order valence-corrected chi connectivity index (χ2v) is 8.67. The molecule has 1 aliphatic heterocycles. The predicted molar refractivity (Wildman–Crippen MR) is 115 cm³/mol. The van der Waals surface area contributed by atoms with Crippen molar-refractivity contribution >= 4 is 5.97 Å². The van der Waals surface area contributed by atoms with E-state index < -0.39 is 17.2 Å². The third-order valence-corrected chi connectivity index (χ3v) is 5.60. The van der Waals surface area contributed by atoms with Crippen molar-refractivity contribution in [2.24, 2.45) is 5.41 Å². The molecule has 0 amide bonds. The maximum atomic E-state index is 11.8. The molecule has 1 heterocycles. The molecule has 0 aromatic carbocycles. The van der Waals surface area contributed by atoms with Crippen molar-refractivity contribution in [1.29, 1.82) is 0 Å². The van der Waals surface area contributed by atoms with E-state index >= 15 is 0 Å². The first kappa shape index (κ1) is 24.9. The van der Waals surface area contributed by atoms with Gasteiger partial charge in [0.15, 0.2) is 5.79 Å². The molecule has 1 rings (SSSR count). The summed E-state index contributed by atoms with van der Waals surface area (Å²) >= 11 is 0. The lowest BCUT2D eigenvalue weighted by Crippen LogP contribution is -2.42. The number of carbonyl (C=O) groups is 1. The molecule has 1 N–H and O–H groups in total. The van der Waals surface area contributed by atoms with E-state index in [0.717, 1.165) is 38.5 Å². The van der Waals surface area contributed by atoms with E-state index in [4.69, 9.17) is 9.47 Å². The SMILES string of the molecule is CCCCC/C=C/C/C=C/CCCCCCC(C)(C(=O)O)C1COC(C)(C)O1. The molecule has 0 saturated carbocycles. The van der Waals surface area contributed by atoms with Crippen LogP contribution in [-0.4, -0.2) is 29.6 Å². The van der Waals surface area contributed by atoms with Crippen molar-refractivity contribution < 1.29 is 19.4 Å². The van der Waals surface area contributed by atoms with E-state index in [1.54, 1.807) is 6.92 Å². The Hall–Kier alpha value is -1.13. The van der Waals surface area contributed by atoms with Crippen LogP contribution in [0.3, 0.4) is 0 Å². The Morgan fingerprint density at radius 3 is 2.18 bits per heavy atom. The first-order chi connectivity index (χ1) is 13.3. The van der Waals surface area contributed by atoms with Crippen LogP contribution in [0.1, 0.15) is 98.3 Å². The zero-order chi connectivity index (χ0) is 20.9. The number of unbranched alkanes of at least 4 members (excludes halogenated alkanes) is 7. The van der Waals surface area contributed by atoms with Crippen LogP contribution in [0.25, 0.3) is 0 Å². The minimum Gasteiger partial charge on any atom is -0.481 e. The summed E-state index contributed by atoms with van der Waals surface area (Å²) in [7, 11) is 0. The monoisotopic (exact) mass is 394 g/mol. The summed E-state index contributed by atoms with van der Waals surface area (Å²) in [4.78, 5) is 11.8. The highest BCUT2D eigenvalue weighted by atomic mass is 16.7. The Bertz CT molecular complexity index is 495. The van der Waals surface area contributed by atoms with Gasteiger partial charge >= 0.3 is 5.97 Å². The summed E-state index contributed by atoms with van der Waals surface area (Å²) in [5.41, 5.74) is -0.878. The van der Waals surface area contributed by atoms with Gasteiger partial charge in [0, 0.05) is 0 Å². The topological polar surface area (TPSA) is 55.8 Å². The summed E-state index contributed by atoms with van der Waals surface area (Å²) in [5, 5.41) is 9.72. The Balaban J connectivity index is 2.13. The Labute approximate surface area is 172 Å². The molecule has 162 valence electrons. The van der Waals surface area contributed by atoms with Crippen LogP contribution in [0.4, 0.5) is 0 Å². The van der Waals surface area contributed by atoms with Crippen LogP contribution in [0.15, 0.2) is 24.3 Å². The molecule has 1 fully saturated rings. The van der Waals surface area contributed by atoms with Crippen LogP contribution in [-0.2, 0) is 14.3 Å². The molecule has 1 aliphatic rings. The fraction of sp³-hybridized carbons (Fsp3) is 0.792. The molecular formula is C24H42O4. The molecule has 0 aliphatic carbocycles. The fourth-order valence-corrected chi connectivity index (χ4v) is 3.53. The number of hydrogen-bond acceptors (Lipinski definition) is 3. The molecule has 4 nitrogen and oxygen atoms in total. The van der Waals surface area contributed by atoms with E-state index in [1.165, 1.54) is 25.7 Å². The highest BCUT2D eigenvalue weighted by molar-refractivity contribution is 5.75. The van der Waals surface area contributed by atoms with Gasteiger partial charge in [0.1, 0.15) is 6.10 Å². The van der Waals surface area contributed by atoms with E-state index in [9.17, 15) is 9.90 Å².